The third kappa shape index (κ3) is 3.51. The predicted octanol–water partition coefficient (Wildman–Crippen LogP) is 2.12. The molecule has 0 unspecified atom stereocenters. The van der Waals surface area contributed by atoms with Gasteiger partial charge in [-0.1, -0.05) is 31.2 Å². The molecule has 0 atom stereocenters. The van der Waals surface area contributed by atoms with Crippen molar-refractivity contribution in [2.24, 2.45) is 0 Å². The summed E-state index contributed by atoms with van der Waals surface area (Å²) in [6.07, 6.45) is 2.06. The Morgan fingerprint density at radius 3 is 2.58 bits per heavy atom. The molecule has 1 amide bonds. The molecule has 1 aliphatic heterocycles. The quantitative estimate of drug-likeness (QED) is 0.887. The highest BCUT2D eigenvalue weighted by Crippen LogP contribution is 2.27. The number of carbonyl (C=O) groups is 1. The maximum atomic E-state index is 12.1. The van der Waals surface area contributed by atoms with Crippen LogP contribution < -0.4 is 5.32 Å². The lowest BCUT2D eigenvalue weighted by Crippen LogP contribution is -2.48. The topological polar surface area (TPSA) is 49.3 Å². The fraction of sp³-hybridized carbons (Fsp3) is 0.533. The normalized spacial score (nSPS) is 18.0. The molecule has 1 fully saturated rings. The molecule has 0 spiro atoms. The second-order valence-electron chi connectivity index (χ2n) is 4.95. The van der Waals surface area contributed by atoms with E-state index in [9.17, 15) is 9.90 Å². The highest BCUT2D eigenvalue weighted by Gasteiger charge is 2.37. The molecule has 104 valence electrons. The number of hydrogen-bond donors (Lipinski definition) is 2. The summed E-state index contributed by atoms with van der Waals surface area (Å²) in [7, 11) is 0. The minimum Gasteiger partial charge on any atom is -0.380 e. The van der Waals surface area contributed by atoms with E-state index >= 15 is 0 Å². The van der Waals surface area contributed by atoms with Gasteiger partial charge in [0.15, 0.2) is 0 Å². The van der Waals surface area contributed by atoms with Gasteiger partial charge in [-0.15, -0.1) is 0 Å². The van der Waals surface area contributed by atoms with Crippen LogP contribution in [0.15, 0.2) is 24.3 Å². The van der Waals surface area contributed by atoms with Crippen LogP contribution in [0.4, 0.5) is 0 Å². The molecule has 0 aliphatic carbocycles. The zero-order valence-electron chi connectivity index (χ0n) is 11.3. The van der Waals surface area contributed by atoms with E-state index in [-0.39, 0.29) is 5.91 Å². The van der Waals surface area contributed by atoms with Crippen LogP contribution in [0.3, 0.4) is 0 Å². The van der Waals surface area contributed by atoms with Crippen LogP contribution in [0.2, 0.25) is 0 Å². The van der Waals surface area contributed by atoms with Gasteiger partial charge in [-0.05, 0) is 41.9 Å². The average Bonchev–Trinajstić information content (AvgIpc) is 2.45. The van der Waals surface area contributed by atoms with Crippen molar-refractivity contribution in [3.63, 3.8) is 0 Å². The van der Waals surface area contributed by atoms with E-state index < -0.39 is 5.60 Å². The fourth-order valence-corrected chi connectivity index (χ4v) is 3.52. The van der Waals surface area contributed by atoms with Gasteiger partial charge in [0, 0.05) is 6.54 Å². The van der Waals surface area contributed by atoms with Crippen LogP contribution in [0, 0.1) is 0 Å². The van der Waals surface area contributed by atoms with Gasteiger partial charge < -0.3 is 10.4 Å². The van der Waals surface area contributed by atoms with E-state index in [4.69, 9.17) is 0 Å². The van der Waals surface area contributed by atoms with E-state index in [1.54, 1.807) is 11.8 Å². The Morgan fingerprint density at radius 2 is 1.95 bits per heavy atom. The zero-order valence-corrected chi connectivity index (χ0v) is 12.1. The number of benzene rings is 1. The molecule has 1 aromatic rings. The first-order chi connectivity index (χ1) is 9.15. The monoisotopic (exact) mass is 279 g/mol. The van der Waals surface area contributed by atoms with E-state index in [0.29, 0.717) is 19.4 Å². The van der Waals surface area contributed by atoms with Gasteiger partial charge in [0.1, 0.15) is 5.60 Å². The molecular formula is C15H21NO2S. The first kappa shape index (κ1) is 14.4. The van der Waals surface area contributed by atoms with Crippen molar-refractivity contribution in [3.8, 4) is 0 Å². The summed E-state index contributed by atoms with van der Waals surface area (Å²) in [4.78, 5) is 12.1. The van der Waals surface area contributed by atoms with E-state index in [2.05, 4.69) is 18.3 Å². The van der Waals surface area contributed by atoms with Crippen molar-refractivity contribution in [2.75, 3.05) is 11.5 Å². The summed E-state index contributed by atoms with van der Waals surface area (Å²) in [5, 5.41) is 13.2. The molecule has 2 N–H and O–H groups in total. The highest BCUT2D eigenvalue weighted by molar-refractivity contribution is 7.99. The molecule has 1 aliphatic rings. The van der Waals surface area contributed by atoms with Gasteiger partial charge in [-0.2, -0.15) is 11.8 Å². The number of amides is 1. The van der Waals surface area contributed by atoms with Crippen LogP contribution in [0.25, 0.3) is 0 Å². The molecular weight excluding hydrogens is 258 g/mol. The molecule has 1 saturated heterocycles. The third-order valence-electron chi connectivity index (χ3n) is 3.68. The molecule has 0 aromatic heterocycles. The Hall–Kier alpha value is -1.000. The van der Waals surface area contributed by atoms with Crippen LogP contribution in [0.5, 0.6) is 0 Å². The molecule has 19 heavy (non-hydrogen) atoms. The van der Waals surface area contributed by atoms with Crippen molar-refractivity contribution in [1.29, 1.82) is 0 Å². The van der Waals surface area contributed by atoms with Crippen LogP contribution in [-0.2, 0) is 17.8 Å². The number of hydrogen-bond acceptors (Lipinski definition) is 3. The second-order valence-corrected chi connectivity index (χ2v) is 6.17. The Morgan fingerprint density at radius 1 is 1.32 bits per heavy atom. The lowest BCUT2D eigenvalue weighted by molar-refractivity contribution is -0.140. The van der Waals surface area contributed by atoms with Gasteiger partial charge in [0.25, 0.3) is 5.91 Å². The smallest absolute Gasteiger partial charge is 0.252 e. The zero-order chi connectivity index (χ0) is 13.7. The largest absolute Gasteiger partial charge is 0.380 e. The standard InChI is InChI=1S/C15H21NO2S/c1-2-12-5-3-4-6-13(12)11-16-14(17)15(18)7-9-19-10-8-15/h3-6,18H,2,7-11H2,1H3,(H,16,17). The molecule has 0 saturated carbocycles. The highest BCUT2D eigenvalue weighted by atomic mass is 32.2. The first-order valence-corrected chi connectivity index (χ1v) is 7.96. The summed E-state index contributed by atoms with van der Waals surface area (Å²) in [5.74, 6) is 1.49. The third-order valence-corrected chi connectivity index (χ3v) is 4.67. The van der Waals surface area contributed by atoms with Gasteiger partial charge in [-0.3, -0.25) is 4.79 Å². The Balaban J connectivity index is 1.96. The number of aryl methyl sites for hydroxylation is 1. The van der Waals surface area contributed by atoms with E-state index in [0.717, 1.165) is 23.5 Å². The van der Waals surface area contributed by atoms with E-state index in [1.807, 2.05) is 18.2 Å². The molecule has 0 bridgehead atoms. The molecule has 2 rings (SSSR count). The lowest BCUT2D eigenvalue weighted by Gasteiger charge is -2.30. The van der Waals surface area contributed by atoms with Gasteiger partial charge in [0.05, 0.1) is 0 Å². The molecule has 1 aromatic carbocycles. The first-order valence-electron chi connectivity index (χ1n) is 6.81. The van der Waals surface area contributed by atoms with Crippen LogP contribution in [0.1, 0.15) is 30.9 Å². The number of aliphatic hydroxyl groups is 1. The van der Waals surface area contributed by atoms with Gasteiger partial charge >= 0.3 is 0 Å². The summed E-state index contributed by atoms with van der Waals surface area (Å²) >= 11 is 1.80. The molecule has 0 radical (unpaired) electrons. The summed E-state index contributed by atoms with van der Waals surface area (Å²) in [5.41, 5.74) is 1.22. The number of rotatable bonds is 4. The average molecular weight is 279 g/mol. The van der Waals surface area contributed by atoms with Crippen molar-refractivity contribution in [2.45, 2.75) is 38.3 Å². The SMILES string of the molecule is CCc1ccccc1CNC(=O)C1(O)CCSCC1. The van der Waals surface area contributed by atoms with Gasteiger partial charge in [-0.25, -0.2) is 0 Å². The Kier molecular flexibility index (Phi) is 4.88. The summed E-state index contributed by atoms with van der Waals surface area (Å²) in [6.45, 7) is 2.60. The Bertz CT molecular complexity index is 442. The predicted molar refractivity (Wildman–Crippen MR) is 79.2 cm³/mol. The van der Waals surface area contributed by atoms with Crippen LogP contribution in [-0.4, -0.2) is 28.1 Å². The van der Waals surface area contributed by atoms with Crippen LogP contribution >= 0.6 is 11.8 Å². The van der Waals surface area contributed by atoms with E-state index in [1.165, 1.54) is 5.56 Å². The number of nitrogens with one attached hydrogen (secondary N) is 1. The fourth-order valence-electron chi connectivity index (χ4n) is 2.35. The summed E-state index contributed by atoms with van der Waals surface area (Å²) in [6, 6.07) is 8.09. The summed E-state index contributed by atoms with van der Waals surface area (Å²) < 4.78 is 0. The minimum absolute atomic E-state index is 0.223. The lowest BCUT2D eigenvalue weighted by atomic mass is 9.95. The minimum atomic E-state index is -1.16. The molecule has 4 heteroatoms. The maximum absolute atomic E-state index is 12.1. The van der Waals surface area contributed by atoms with Crippen molar-refractivity contribution >= 4 is 17.7 Å². The Labute approximate surface area is 118 Å². The number of thioether (sulfide) groups is 1. The molecule has 1 heterocycles. The second kappa shape index (κ2) is 6.44. The number of carbonyl (C=O) groups excluding carboxylic acids is 1. The van der Waals surface area contributed by atoms with Gasteiger partial charge in [0.2, 0.25) is 0 Å². The molecule has 3 nitrogen and oxygen atoms in total. The van der Waals surface area contributed by atoms with Crippen molar-refractivity contribution in [3.05, 3.63) is 35.4 Å². The van der Waals surface area contributed by atoms with Crippen molar-refractivity contribution in [1.82, 2.24) is 5.32 Å². The van der Waals surface area contributed by atoms with Crippen molar-refractivity contribution < 1.29 is 9.90 Å². The maximum Gasteiger partial charge on any atom is 0.252 e.